The summed E-state index contributed by atoms with van der Waals surface area (Å²) in [5.41, 5.74) is -2.62. The predicted molar refractivity (Wildman–Crippen MR) is 93.5 cm³/mol. The molecular formula is C18H16ClF7O2S. The zero-order chi connectivity index (χ0) is 22.4. The minimum absolute atomic E-state index is 0.189. The average Bonchev–Trinajstić information content (AvgIpc) is 3.11. The molecule has 1 aromatic carbocycles. The van der Waals surface area contributed by atoms with E-state index >= 15 is 0 Å². The maximum Gasteiger partial charge on any atom is 0.431 e. The summed E-state index contributed by atoms with van der Waals surface area (Å²) in [5, 5.41) is -1.49. The lowest BCUT2D eigenvalue weighted by Gasteiger charge is -2.19. The van der Waals surface area contributed by atoms with Crippen LogP contribution in [0.2, 0.25) is 0 Å². The van der Waals surface area contributed by atoms with Crippen LogP contribution in [0.25, 0.3) is 0 Å². The molecule has 1 aliphatic rings. The van der Waals surface area contributed by atoms with Crippen molar-refractivity contribution in [2.75, 3.05) is 5.75 Å². The van der Waals surface area contributed by atoms with Gasteiger partial charge in [-0.2, -0.15) is 22.0 Å². The molecule has 1 fully saturated rings. The molecule has 162 valence electrons. The first-order valence-electron chi connectivity index (χ1n) is 8.31. The van der Waals surface area contributed by atoms with Crippen LogP contribution < -0.4 is 0 Å². The third-order valence-electron chi connectivity index (χ3n) is 4.65. The van der Waals surface area contributed by atoms with Gasteiger partial charge < -0.3 is 4.74 Å². The standard InChI is InChI=1S/C18H16ClF7O2S/c1-4-29-10-6-5-8(13(20)14(10)21)18(25,26)28-15(27)12-9(16(12,2)3)7-11(19)17(22,23)24/h5-7,9,12H,4H2,1-3H3. The quantitative estimate of drug-likeness (QED) is 0.268. The highest BCUT2D eigenvalue weighted by Crippen LogP contribution is 2.61. The maximum atomic E-state index is 14.3. The Labute approximate surface area is 171 Å². The van der Waals surface area contributed by atoms with Gasteiger partial charge in [-0.15, -0.1) is 11.8 Å². The Morgan fingerprint density at radius 3 is 2.31 bits per heavy atom. The van der Waals surface area contributed by atoms with E-state index < -0.39 is 57.7 Å². The number of ether oxygens (including phenoxy) is 1. The smallest absolute Gasteiger partial charge is 0.397 e. The summed E-state index contributed by atoms with van der Waals surface area (Å²) in [5.74, 6) is -7.01. The molecule has 11 heteroatoms. The van der Waals surface area contributed by atoms with Gasteiger partial charge in [0.1, 0.15) is 10.6 Å². The molecule has 1 aliphatic carbocycles. The van der Waals surface area contributed by atoms with Gasteiger partial charge in [0.15, 0.2) is 11.6 Å². The summed E-state index contributed by atoms with van der Waals surface area (Å²) in [6.07, 6.45) is -8.81. The van der Waals surface area contributed by atoms with Gasteiger partial charge in [0, 0.05) is 4.90 Å². The number of carbonyl (C=O) groups is 1. The van der Waals surface area contributed by atoms with Gasteiger partial charge >= 0.3 is 18.3 Å². The molecule has 0 aliphatic heterocycles. The predicted octanol–water partition coefficient (Wildman–Crippen LogP) is 6.63. The summed E-state index contributed by atoms with van der Waals surface area (Å²) < 4.78 is 98.4. The Morgan fingerprint density at radius 2 is 1.79 bits per heavy atom. The number of benzene rings is 1. The van der Waals surface area contributed by atoms with E-state index in [1.165, 1.54) is 13.8 Å². The number of halogens is 8. The van der Waals surface area contributed by atoms with Crippen LogP contribution >= 0.6 is 23.4 Å². The van der Waals surface area contributed by atoms with Crippen molar-refractivity contribution in [3.63, 3.8) is 0 Å². The Bertz CT molecular complexity index is 836. The number of allylic oxidation sites excluding steroid dienone is 2. The first kappa shape index (κ1) is 23.9. The summed E-state index contributed by atoms with van der Waals surface area (Å²) in [6, 6.07) is 1.53. The third-order valence-corrected chi connectivity index (χ3v) is 5.91. The topological polar surface area (TPSA) is 26.3 Å². The van der Waals surface area contributed by atoms with Gasteiger partial charge in [-0.05, 0) is 29.2 Å². The van der Waals surface area contributed by atoms with Gasteiger partial charge in [0.2, 0.25) is 0 Å². The van der Waals surface area contributed by atoms with Crippen molar-refractivity contribution in [1.29, 1.82) is 0 Å². The molecule has 0 bridgehead atoms. The fourth-order valence-corrected chi connectivity index (χ4v) is 3.79. The minimum atomic E-state index is -4.85. The highest BCUT2D eigenvalue weighted by atomic mass is 35.5. The Morgan fingerprint density at radius 1 is 1.21 bits per heavy atom. The lowest BCUT2D eigenvalue weighted by Crippen LogP contribution is -2.26. The van der Waals surface area contributed by atoms with Crippen molar-refractivity contribution >= 4 is 29.3 Å². The third kappa shape index (κ3) is 4.84. The maximum absolute atomic E-state index is 14.3. The van der Waals surface area contributed by atoms with Crippen molar-refractivity contribution in [3.8, 4) is 0 Å². The van der Waals surface area contributed by atoms with Gasteiger partial charge in [-0.1, -0.05) is 38.4 Å². The molecule has 29 heavy (non-hydrogen) atoms. The molecule has 0 spiro atoms. The second-order valence-corrected chi connectivity index (χ2v) is 8.66. The number of rotatable bonds is 6. The number of hydrogen-bond acceptors (Lipinski definition) is 3. The summed E-state index contributed by atoms with van der Waals surface area (Å²) >= 11 is 6.03. The minimum Gasteiger partial charge on any atom is -0.397 e. The van der Waals surface area contributed by atoms with E-state index in [4.69, 9.17) is 11.6 Å². The Balaban J connectivity index is 2.23. The molecule has 0 aromatic heterocycles. The fraction of sp³-hybridized carbons (Fsp3) is 0.500. The molecule has 0 amide bonds. The average molecular weight is 465 g/mol. The molecule has 1 saturated carbocycles. The van der Waals surface area contributed by atoms with E-state index in [-0.39, 0.29) is 4.90 Å². The van der Waals surface area contributed by atoms with Crippen LogP contribution in [-0.4, -0.2) is 17.9 Å². The van der Waals surface area contributed by atoms with Crippen LogP contribution in [0.1, 0.15) is 26.3 Å². The highest BCUT2D eigenvalue weighted by molar-refractivity contribution is 7.99. The molecule has 0 saturated heterocycles. The molecule has 2 rings (SSSR count). The summed E-state index contributed by atoms with van der Waals surface area (Å²) in [7, 11) is 0. The Kier molecular flexibility index (Phi) is 6.59. The second kappa shape index (κ2) is 8.02. The monoisotopic (exact) mass is 464 g/mol. The zero-order valence-electron chi connectivity index (χ0n) is 15.3. The van der Waals surface area contributed by atoms with Crippen molar-refractivity contribution < 1.29 is 40.3 Å². The van der Waals surface area contributed by atoms with Crippen LogP contribution in [0.15, 0.2) is 28.1 Å². The van der Waals surface area contributed by atoms with Gasteiger partial charge in [-0.3, -0.25) is 4.79 Å². The molecule has 0 heterocycles. The molecule has 2 nitrogen and oxygen atoms in total. The van der Waals surface area contributed by atoms with E-state index in [9.17, 15) is 35.5 Å². The molecule has 2 atom stereocenters. The zero-order valence-corrected chi connectivity index (χ0v) is 16.9. The lowest BCUT2D eigenvalue weighted by atomic mass is 10.1. The van der Waals surface area contributed by atoms with Crippen LogP contribution in [0, 0.1) is 28.9 Å². The number of thioether (sulfide) groups is 1. The van der Waals surface area contributed by atoms with Crippen molar-refractivity contribution in [3.05, 3.63) is 40.4 Å². The van der Waals surface area contributed by atoms with E-state index in [1.54, 1.807) is 6.92 Å². The largest absolute Gasteiger partial charge is 0.431 e. The first-order valence-corrected chi connectivity index (χ1v) is 9.67. The van der Waals surface area contributed by atoms with Crippen LogP contribution in [-0.2, 0) is 15.6 Å². The van der Waals surface area contributed by atoms with Crippen LogP contribution in [0.5, 0.6) is 0 Å². The van der Waals surface area contributed by atoms with Crippen molar-refractivity contribution in [2.24, 2.45) is 17.3 Å². The van der Waals surface area contributed by atoms with Gasteiger partial charge in [0.05, 0.1) is 5.92 Å². The van der Waals surface area contributed by atoms with E-state index in [0.717, 1.165) is 17.8 Å². The number of carbonyl (C=O) groups excluding carboxylic acids is 1. The molecule has 0 radical (unpaired) electrons. The molecule has 1 aromatic rings. The van der Waals surface area contributed by atoms with Crippen molar-refractivity contribution in [1.82, 2.24) is 0 Å². The first-order chi connectivity index (χ1) is 13.1. The second-order valence-electron chi connectivity index (χ2n) is 6.95. The van der Waals surface area contributed by atoms with E-state index in [1.807, 2.05) is 0 Å². The Hall–Kier alpha value is -1.42. The summed E-state index contributed by atoms with van der Waals surface area (Å²) in [4.78, 5) is 12.0. The van der Waals surface area contributed by atoms with E-state index in [2.05, 4.69) is 4.74 Å². The lowest BCUT2D eigenvalue weighted by molar-refractivity contribution is -0.243. The SMILES string of the molecule is CCSc1ccc(C(F)(F)OC(=O)C2C(C=C(Cl)C(F)(F)F)C2(C)C)c(F)c1F. The van der Waals surface area contributed by atoms with E-state index in [0.29, 0.717) is 17.9 Å². The van der Waals surface area contributed by atoms with Crippen molar-refractivity contribution in [2.45, 2.75) is 38.0 Å². The van der Waals surface area contributed by atoms with Gasteiger partial charge in [0.25, 0.3) is 0 Å². The summed E-state index contributed by atoms with van der Waals surface area (Å²) in [6.45, 7) is 4.39. The number of hydrogen-bond donors (Lipinski definition) is 0. The van der Waals surface area contributed by atoms with Crippen LogP contribution in [0.3, 0.4) is 0 Å². The molecule has 2 unspecified atom stereocenters. The normalized spacial score (nSPS) is 21.8. The van der Waals surface area contributed by atoms with Crippen LogP contribution in [0.4, 0.5) is 30.7 Å². The molecule has 0 N–H and O–H groups in total. The molecular weight excluding hydrogens is 449 g/mol. The highest BCUT2D eigenvalue weighted by Gasteiger charge is 2.63. The fourth-order valence-electron chi connectivity index (χ4n) is 2.96. The number of esters is 1. The number of alkyl halides is 5. The van der Waals surface area contributed by atoms with Gasteiger partial charge in [-0.25, -0.2) is 8.78 Å².